The molecule has 3 aliphatic rings. The number of ketones is 1. The highest BCUT2D eigenvalue weighted by Gasteiger charge is 2.48. The molecule has 0 bridgehead atoms. The van der Waals surface area contributed by atoms with Gasteiger partial charge in [0, 0.05) is 38.0 Å². The van der Waals surface area contributed by atoms with Gasteiger partial charge in [-0.25, -0.2) is 4.79 Å². The molecule has 2 fully saturated rings. The number of hydrogen-bond acceptors (Lipinski definition) is 15. The van der Waals surface area contributed by atoms with Crippen molar-refractivity contribution < 1.29 is 73.1 Å². The second-order valence-electron chi connectivity index (χ2n) is 15.9. The molecule has 3 rings (SSSR count). The molecule has 0 spiro atoms. The Hall–Kier alpha value is -2.61. The maximum Gasteiger partial charge on any atom is 0.327 e. The molecule has 0 aliphatic carbocycles. The number of hydrogen-bond donors (Lipinski definition) is 5. The van der Waals surface area contributed by atoms with Gasteiger partial charge in [-0.1, -0.05) is 44.6 Å². The van der Waals surface area contributed by atoms with Crippen molar-refractivity contribution >= 4 is 17.7 Å². The van der Waals surface area contributed by atoms with Gasteiger partial charge in [0.15, 0.2) is 18.4 Å². The van der Waals surface area contributed by atoms with E-state index in [9.17, 15) is 39.9 Å². The van der Waals surface area contributed by atoms with Crippen LogP contribution in [-0.2, 0) is 47.5 Å². The minimum absolute atomic E-state index is 0.00369. The minimum Gasteiger partial charge on any atom is -0.478 e. The van der Waals surface area contributed by atoms with Crippen molar-refractivity contribution in [1.29, 1.82) is 0 Å². The fourth-order valence-corrected chi connectivity index (χ4v) is 7.98. The molecule has 3 aliphatic heterocycles. The zero-order chi connectivity index (χ0) is 42.7. The highest BCUT2D eigenvalue weighted by Crippen LogP contribution is 2.35. The molecule has 16 nitrogen and oxygen atoms in total. The first-order chi connectivity index (χ1) is 26.8. The number of allylic oxidation sites excluding steroid dienone is 4. The number of carbonyl (C=O) groups is 3. The summed E-state index contributed by atoms with van der Waals surface area (Å²) in [4.78, 5) is 40.5. The maximum absolute atomic E-state index is 13.7. The lowest BCUT2D eigenvalue weighted by atomic mass is 9.79. The van der Waals surface area contributed by atoms with Crippen molar-refractivity contribution in [3.8, 4) is 0 Å². The van der Waals surface area contributed by atoms with Crippen molar-refractivity contribution in [2.75, 3.05) is 34.9 Å². The summed E-state index contributed by atoms with van der Waals surface area (Å²) in [6, 6.07) is -0.767. The fraction of sp³-hybridized carbons (Fsp3) is 0.780. The minimum atomic E-state index is -1.35. The predicted octanol–water partition coefficient (Wildman–Crippen LogP) is 2.00. The SMILES string of the molecule is CC[C@H]1OC(=O)C[C@@H](O)[C@H](C)[C@@H](O[C@H]2O[C@@H](C)[C@H](O)[C@@H](N(C)C)[C@@H]2O)[C@@H](C/C=C/C(=O)O)C[C@@H](C)C(=O)/C=C/C(C)=C/[C@@H]1CO[C@@H]1O[C@H](C)[C@@H](O)[C@@H](OC)[C@H]1OC. The summed E-state index contributed by atoms with van der Waals surface area (Å²) in [5.41, 5.74) is 0.683. The van der Waals surface area contributed by atoms with Crippen LogP contribution in [0.2, 0.25) is 0 Å². The van der Waals surface area contributed by atoms with Crippen molar-refractivity contribution in [2.24, 2.45) is 23.7 Å². The van der Waals surface area contributed by atoms with Crippen LogP contribution in [0, 0.1) is 23.7 Å². The molecule has 3 heterocycles. The second kappa shape index (κ2) is 22.7. The highest BCUT2D eigenvalue weighted by atomic mass is 16.7. The summed E-state index contributed by atoms with van der Waals surface area (Å²) in [5, 5.41) is 53.9. The van der Waals surface area contributed by atoms with E-state index in [4.69, 9.17) is 33.2 Å². The number of aliphatic hydroxyl groups is 4. The lowest BCUT2D eigenvalue weighted by Gasteiger charge is -2.46. The summed E-state index contributed by atoms with van der Waals surface area (Å²) in [6.45, 7) is 10.4. The van der Waals surface area contributed by atoms with Crippen molar-refractivity contribution in [3.63, 3.8) is 0 Å². The molecule has 5 N–H and O–H groups in total. The van der Waals surface area contributed by atoms with E-state index in [1.54, 1.807) is 59.7 Å². The Labute approximate surface area is 336 Å². The van der Waals surface area contributed by atoms with Crippen LogP contribution in [0.5, 0.6) is 0 Å². The summed E-state index contributed by atoms with van der Waals surface area (Å²) in [6.07, 6.45) is -3.83. The molecule has 17 atom stereocenters. The molecule has 0 radical (unpaired) electrons. The quantitative estimate of drug-likeness (QED) is 0.141. The first-order valence-electron chi connectivity index (χ1n) is 19.9. The first kappa shape index (κ1) is 48.8. The van der Waals surface area contributed by atoms with Gasteiger partial charge < -0.3 is 63.6 Å². The number of likely N-dealkylation sites (N-methyl/N-ethyl adjacent to an activating group) is 1. The molecule has 57 heavy (non-hydrogen) atoms. The number of esters is 1. The van der Waals surface area contributed by atoms with Gasteiger partial charge >= 0.3 is 11.9 Å². The zero-order valence-corrected chi connectivity index (χ0v) is 35.0. The van der Waals surface area contributed by atoms with Gasteiger partial charge in [-0.3, -0.25) is 9.59 Å². The van der Waals surface area contributed by atoms with Crippen LogP contribution in [-0.4, -0.2) is 163 Å². The van der Waals surface area contributed by atoms with E-state index in [-0.39, 0.29) is 25.2 Å². The highest BCUT2D eigenvalue weighted by molar-refractivity contribution is 5.91. The van der Waals surface area contributed by atoms with Crippen molar-refractivity contribution in [2.45, 2.75) is 147 Å². The molecule has 0 unspecified atom stereocenters. The third-order valence-electron chi connectivity index (χ3n) is 11.4. The summed E-state index contributed by atoms with van der Waals surface area (Å²) >= 11 is 0. The second-order valence-corrected chi connectivity index (χ2v) is 15.9. The van der Waals surface area contributed by atoms with Gasteiger partial charge in [0.1, 0.15) is 30.5 Å². The number of cyclic esters (lactones) is 1. The summed E-state index contributed by atoms with van der Waals surface area (Å²) in [7, 11) is 6.33. The van der Waals surface area contributed by atoms with Gasteiger partial charge in [-0.05, 0) is 66.1 Å². The predicted molar refractivity (Wildman–Crippen MR) is 207 cm³/mol. The standard InChI is InChI=1S/C41H67NO15/c1-11-30-27(20-53-41-39(52-10)38(51-9)35(49)25(6)55-41)17-21(2)15-16-28(43)22(3)18-26(13-12-14-31(45)46)37(23(4)29(44)19-32(47)56-30)57-40-36(50)33(42(7)8)34(48)24(5)54-40/h12,14-17,22-27,29-30,33-41,44,48-50H,11,13,18-20H2,1-10H3,(H,45,46)/b14-12+,16-15+,21-17+/t22-,23+,24+,25-,26+,27-,29-,30-,33-,34+,35-,36+,37-,38-,39-,40-,41-/m1/s1. The van der Waals surface area contributed by atoms with Gasteiger partial charge in [0.25, 0.3) is 0 Å². The van der Waals surface area contributed by atoms with Gasteiger partial charge in [-0.15, -0.1) is 0 Å². The van der Waals surface area contributed by atoms with Crippen LogP contribution in [0.3, 0.4) is 0 Å². The monoisotopic (exact) mass is 813 g/mol. The molecular formula is C41H67NO15. The zero-order valence-electron chi connectivity index (χ0n) is 35.0. The largest absolute Gasteiger partial charge is 0.478 e. The van der Waals surface area contributed by atoms with Gasteiger partial charge in [-0.2, -0.15) is 0 Å². The lowest BCUT2D eigenvalue weighted by Crippen LogP contribution is -2.63. The number of carboxylic acid groups (broad SMARTS) is 1. The molecule has 2 saturated heterocycles. The van der Waals surface area contributed by atoms with E-state index in [0.29, 0.717) is 12.0 Å². The Morgan fingerprint density at radius 1 is 0.912 bits per heavy atom. The third kappa shape index (κ3) is 13.2. The molecule has 326 valence electrons. The van der Waals surface area contributed by atoms with E-state index in [1.165, 1.54) is 26.4 Å². The number of aliphatic hydroxyl groups excluding tert-OH is 4. The van der Waals surface area contributed by atoms with Crippen LogP contribution < -0.4 is 0 Å². The number of rotatable bonds is 12. The number of nitrogens with zero attached hydrogens (tertiary/aromatic N) is 1. The van der Waals surface area contributed by atoms with Crippen LogP contribution in [0.1, 0.15) is 67.2 Å². The van der Waals surface area contributed by atoms with E-state index >= 15 is 0 Å². The van der Waals surface area contributed by atoms with Crippen LogP contribution >= 0.6 is 0 Å². The maximum atomic E-state index is 13.7. The number of aliphatic carboxylic acids is 1. The number of carbonyl (C=O) groups excluding carboxylic acids is 2. The Balaban J connectivity index is 2.01. The van der Waals surface area contributed by atoms with Crippen LogP contribution in [0.25, 0.3) is 0 Å². The Morgan fingerprint density at radius 2 is 1.54 bits per heavy atom. The van der Waals surface area contributed by atoms with Crippen molar-refractivity contribution in [3.05, 3.63) is 36.0 Å². The van der Waals surface area contributed by atoms with E-state index in [2.05, 4.69) is 0 Å². The Morgan fingerprint density at radius 3 is 2.14 bits per heavy atom. The molecule has 0 saturated carbocycles. The summed E-state index contributed by atoms with van der Waals surface area (Å²) in [5.74, 6) is -4.64. The first-order valence-corrected chi connectivity index (χ1v) is 19.9. The molecule has 0 aromatic heterocycles. The fourth-order valence-electron chi connectivity index (χ4n) is 7.98. The number of methoxy groups -OCH3 is 2. The smallest absolute Gasteiger partial charge is 0.327 e. The lowest BCUT2D eigenvalue weighted by molar-refractivity contribution is -0.304. The molecular weight excluding hydrogens is 746 g/mol. The van der Waals surface area contributed by atoms with Crippen molar-refractivity contribution in [1.82, 2.24) is 4.90 Å². The Kier molecular flexibility index (Phi) is 19.4. The average molecular weight is 814 g/mol. The normalized spacial score (nSPS) is 42.1. The van der Waals surface area contributed by atoms with Crippen LogP contribution in [0.4, 0.5) is 0 Å². The number of ether oxygens (including phenoxy) is 7. The number of carboxylic acids is 1. The molecule has 0 aromatic carbocycles. The van der Waals surface area contributed by atoms with Gasteiger partial charge in [0.2, 0.25) is 0 Å². The van der Waals surface area contributed by atoms with Gasteiger partial charge in [0.05, 0.1) is 49.6 Å². The average Bonchev–Trinajstić information content (AvgIpc) is 3.15. The molecule has 0 amide bonds. The Bertz CT molecular complexity index is 1390. The van der Waals surface area contributed by atoms with E-state index in [0.717, 1.165) is 6.08 Å². The summed E-state index contributed by atoms with van der Waals surface area (Å²) < 4.78 is 41.8. The van der Waals surface area contributed by atoms with Crippen LogP contribution in [0.15, 0.2) is 36.0 Å². The van der Waals surface area contributed by atoms with E-state index < -0.39 is 122 Å². The molecule has 16 heteroatoms. The third-order valence-corrected chi connectivity index (χ3v) is 11.4. The van der Waals surface area contributed by atoms with E-state index in [1.807, 2.05) is 13.0 Å². The topological polar surface area (TPSA) is 220 Å². The molecule has 0 aromatic rings.